The van der Waals surface area contributed by atoms with Gasteiger partial charge in [-0.15, -0.1) is 10.2 Å². The van der Waals surface area contributed by atoms with Gasteiger partial charge in [-0.1, -0.05) is 46.5 Å². The third kappa shape index (κ3) is 5.74. The van der Waals surface area contributed by atoms with E-state index in [0.717, 1.165) is 31.6 Å². The van der Waals surface area contributed by atoms with Crippen LogP contribution < -0.4 is 16.0 Å². The van der Waals surface area contributed by atoms with E-state index in [-0.39, 0.29) is 0 Å². The highest BCUT2D eigenvalue weighted by atomic mass is 79.9. The molecule has 0 bridgehead atoms. The third-order valence-corrected chi connectivity index (χ3v) is 6.49. The maximum absolute atomic E-state index is 5.40. The largest absolute Gasteiger partial charge is 0.357 e. The lowest BCUT2D eigenvalue weighted by atomic mass is 9.96. The zero-order valence-corrected chi connectivity index (χ0v) is 19.0. The van der Waals surface area contributed by atoms with E-state index in [1.165, 1.54) is 32.1 Å². The monoisotopic (exact) mass is 487 g/mol. The van der Waals surface area contributed by atoms with Crippen molar-refractivity contribution in [1.29, 1.82) is 0 Å². The second-order valence-corrected chi connectivity index (χ2v) is 9.36. The molecule has 8 heteroatoms. The Kier molecular flexibility index (Phi) is 6.74. The van der Waals surface area contributed by atoms with Gasteiger partial charge >= 0.3 is 0 Å². The normalized spacial score (nSPS) is 14.4. The predicted molar refractivity (Wildman–Crippen MR) is 130 cm³/mol. The molecule has 3 aromatic rings. The topological polar surface area (TPSA) is 61.9 Å². The molecule has 1 fully saturated rings. The van der Waals surface area contributed by atoms with Crippen LogP contribution in [0.4, 0.5) is 16.5 Å². The van der Waals surface area contributed by atoms with Crippen molar-refractivity contribution in [3.8, 4) is 10.6 Å². The molecule has 150 valence electrons. The van der Waals surface area contributed by atoms with Crippen LogP contribution in [0.25, 0.3) is 10.6 Å². The van der Waals surface area contributed by atoms with Gasteiger partial charge in [0, 0.05) is 27.5 Å². The number of hydrogen-bond acceptors (Lipinski definition) is 5. The smallest absolute Gasteiger partial charge is 0.206 e. The number of halogens is 1. The Morgan fingerprint density at radius 2 is 1.52 bits per heavy atom. The van der Waals surface area contributed by atoms with Gasteiger partial charge in [-0.25, -0.2) is 0 Å². The fourth-order valence-corrected chi connectivity index (χ4v) is 4.67. The lowest BCUT2D eigenvalue weighted by molar-refractivity contribution is 0.462. The van der Waals surface area contributed by atoms with Crippen molar-refractivity contribution in [2.75, 3.05) is 16.0 Å². The summed E-state index contributed by atoms with van der Waals surface area (Å²) in [5.41, 5.74) is 2.92. The molecule has 1 heterocycles. The molecule has 1 aliphatic rings. The zero-order valence-electron chi connectivity index (χ0n) is 15.8. The Morgan fingerprint density at radius 1 is 0.897 bits per heavy atom. The molecule has 0 atom stereocenters. The highest BCUT2D eigenvalue weighted by molar-refractivity contribution is 9.10. The highest BCUT2D eigenvalue weighted by Gasteiger charge is 2.15. The molecule has 1 aromatic heterocycles. The second kappa shape index (κ2) is 9.65. The van der Waals surface area contributed by atoms with Crippen LogP contribution in [-0.2, 0) is 0 Å². The summed E-state index contributed by atoms with van der Waals surface area (Å²) < 4.78 is 1.03. The van der Waals surface area contributed by atoms with Gasteiger partial charge < -0.3 is 16.0 Å². The van der Waals surface area contributed by atoms with Gasteiger partial charge in [0.2, 0.25) is 5.13 Å². The van der Waals surface area contributed by atoms with E-state index in [1.54, 1.807) is 11.3 Å². The van der Waals surface area contributed by atoms with Crippen LogP contribution in [0, 0.1) is 0 Å². The Bertz CT molecular complexity index is 950. The van der Waals surface area contributed by atoms with Gasteiger partial charge in [0.05, 0.1) is 0 Å². The van der Waals surface area contributed by atoms with E-state index in [1.807, 2.05) is 48.5 Å². The molecule has 1 aliphatic carbocycles. The highest BCUT2D eigenvalue weighted by Crippen LogP contribution is 2.29. The lowest BCUT2D eigenvalue weighted by Crippen LogP contribution is -2.21. The first-order chi connectivity index (χ1) is 14.2. The quantitative estimate of drug-likeness (QED) is 0.356. The predicted octanol–water partition coefficient (Wildman–Crippen LogP) is 6.52. The molecule has 0 spiro atoms. The average Bonchev–Trinajstić information content (AvgIpc) is 3.19. The van der Waals surface area contributed by atoms with Crippen LogP contribution in [0.2, 0.25) is 0 Å². The molecule has 3 N–H and O–H groups in total. The Labute approximate surface area is 188 Å². The summed E-state index contributed by atoms with van der Waals surface area (Å²) in [5, 5.41) is 21.0. The van der Waals surface area contributed by atoms with Crippen molar-refractivity contribution in [2.45, 2.75) is 38.1 Å². The average molecular weight is 488 g/mol. The molecular weight excluding hydrogens is 466 g/mol. The van der Waals surface area contributed by atoms with E-state index in [9.17, 15) is 0 Å². The number of hydrogen-bond donors (Lipinski definition) is 3. The first-order valence-corrected chi connectivity index (χ1v) is 11.7. The van der Waals surface area contributed by atoms with E-state index in [0.29, 0.717) is 11.2 Å². The minimum Gasteiger partial charge on any atom is -0.357 e. The molecule has 2 aromatic carbocycles. The lowest BCUT2D eigenvalue weighted by Gasteiger charge is -2.21. The molecular formula is C21H22BrN5S2. The number of nitrogens with zero attached hydrogens (tertiary/aromatic N) is 2. The van der Waals surface area contributed by atoms with Crippen LogP contribution in [0.5, 0.6) is 0 Å². The first-order valence-electron chi connectivity index (χ1n) is 9.70. The zero-order chi connectivity index (χ0) is 20.1. The van der Waals surface area contributed by atoms with E-state index in [4.69, 9.17) is 12.2 Å². The number of aromatic nitrogens is 2. The van der Waals surface area contributed by atoms with Crippen molar-refractivity contribution in [2.24, 2.45) is 0 Å². The molecule has 5 nitrogen and oxygen atoms in total. The van der Waals surface area contributed by atoms with E-state index in [2.05, 4.69) is 42.1 Å². The summed E-state index contributed by atoms with van der Waals surface area (Å²) in [6, 6.07) is 16.5. The number of rotatable bonds is 5. The summed E-state index contributed by atoms with van der Waals surface area (Å²) in [5.74, 6) is 0. The third-order valence-electron chi connectivity index (χ3n) is 4.85. The SMILES string of the molecule is S=C(Nc1ccc(Br)cc1)Nc1ccc(-c2nnc(NC3CCCCC3)s2)cc1. The molecule has 0 unspecified atom stereocenters. The van der Waals surface area contributed by atoms with Crippen LogP contribution in [0.1, 0.15) is 32.1 Å². The first kappa shape index (κ1) is 20.3. The molecule has 0 amide bonds. The fourth-order valence-electron chi connectivity index (χ4n) is 3.34. The Morgan fingerprint density at radius 3 is 2.17 bits per heavy atom. The van der Waals surface area contributed by atoms with Gasteiger partial charge in [0.1, 0.15) is 5.01 Å². The molecule has 29 heavy (non-hydrogen) atoms. The van der Waals surface area contributed by atoms with Crippen molar-refractivity contribution in [1.82, 2.24) is 10.2 Å². The summed E-state index contributed by atoms with van der Waals surface area (Å²) >= 11 is 10.4. The van der Waals surface area contributed by atoms with Gasteiger partial charge in [-0.05, 0) is 73.6 Å². The van der Waals surface area contributed by atoms with Crippen molar-refractivity contribution < 1.29 is 0 Å². The number of nitrogens with one attached hydrogen (secondary N) is 3. The summed E-state index contributed by atoms with van der Waals surface area (Å²) in [7, 11) is 0. The van der Waals surface area contributed by atoms with Crippen molar-refractivity contribution in [3.05, 3.63) is 53.0 Å². The second-order valence-electron chi connectivity index (χ2n) is 7.06. The van der Waals surface area contributed by atoms with Crippen LogP contribution in [0.3, 0.4) is 0 Å². The van der Waals surface area contributed by atoms with Gasteiger partial charge in [0.15, 0.2) is 5.11 Å². The van der Waals surface area contributed by atoms with Crippen LogP contribution in [-0.4, -0.2) is 21.4 Å². The molecule has 0 saturated heterocycles. The molecule has 1 saturated carbocycles. The van der Waals surface area contributed by atoms with Crippen LogP contribution >= 0.6 is 39.5 Å². The molecule has 0 radical (unpaired) electrons. The fraction of sp³-hybridized carbons (Fsp3) is 0.286. The van der Waals surface area contributed by atoms with Gasteiger partial charge in [-0.2, -0.15) is 0 Å². The minimum atomic E-state index is 0.537. The summed E-state index contributed by atoms with van der Waals surface area (Å²) in [6.07, 6.45) is 6.40. The summed E-state index contributed by atoms with van der Waals surface area (Å²) in [4.78, 5) is 0. The van der Waals surface area contributed by atoms with Crippen LogP contribution in [0.15, 0.2) is 53.0 Å². The minimum absolute atomic E-state index is 0.537. The van der Waals surface area contributed by atoms with Crippen molar-refractivity contribution >= 4 is 61.1 Å². The van der Waals surface area contributed by atoms with E-state index < -0.39 is 0 Å². The number of anilines is 3. The number of benzene rings is 2. The van der Waals surface area contributed by atoms with Gasteiger partial charge in [-0.3, -0.25) is 0 Å². The van der Waals surface area contributed by atoms with E-state index >= 15 is 0 Å². The maximum Gasteiger partial charge on any atom is 0.206 e. The van der Waals surface area contributed by atoms with Crippen molar-refractivity contribution in [3.63, 3.8) is 0 Å². The Balaban J connectivity index is 1.34. The standard InChI is InChI=1S/C21H22BrN5S2/c22-15-8-12-18(13-9-15)24-20(28)23-17-10-6-14(7-11-17)19-26-27-21(29-19)25-16-4-2-1-3-5-16/h6-13,16H,1-5H2,(H,25,27)(H2,23,24,28). The Hall–Kier alpha value is -2.03. The number of thiocarbonyl (C=S) groups is 1. The molecule has 4 rings (SSSR count). The van der Waals surface area contributed by atoms with Gasteiger partial charge in [0.25, 0.3) is 0 Å². The summed E-state index contributed by atoms with van der Waals surface area (Å²) in [6.45, 7) is 0. The molecule has 0 aliphatic heterocycles. The maximum atomic E-state index is 5.40.